The fourth-order valence-electron chi connectivity index (χ4n) is 1.98. The van der Waals surface area contributed by atoms with Gasteiger partial charge >= 0.3 is 0 Å². The summed E-state index contributed by atoms with van der Waals surface area (Å²) in [6, 6.07) is 7.67. The number of carbonyl (C=O) groups excluding carboxylic acids is 1. The van der Waals surface area contributed by atoms with Crippen molar-refractivity contribution in [3.63, 3.8) is 0 Å². The summed E-state index contributed by atoms with van der Waals surface area (Å²) in [5, 5.41) is 12.1. The highest BCUT2D eigenvalue weighted by atomic mass is 16.3. The number of nitrogens with one attached hydrogen (secondary N) is 1. The van der Waals surface area contributed by atoms with Crippen LogP contribution in [0.5, 0.6) is 0 Å². The average Bonchev–Trinajstić information content (AvgIpc) is 3.16. The molecule has 3 heteroatoms. The molecular weight excluding hydrogens is 214 g/mol. The summed E-state index contributed by atoms with van der Waals surface area (Å²) in [4.78, 5) is 12.0. The second-order valence-electron chi connectivity index (χ2n) is 4.85. The lowest BCUT2D eigenvalue weighted by molar-refractivity contribution is 0.0934. The summed E-state index contributed by atoms with van der Waals surface area (Å²) < 4.78 is 0. The third-order valence-corrected chi connectivity index (χ3v) is 3.56. The molecule has 0 atom stereocenters. The minimum Gasteiger partial charge on any atom is -0.396 e. The number of rotatable bonds is 5. The number of aliphatic hydroxyl groups excluding tert-OH is 1. The van der Waals surface area contributed by atoms with Crippen molar-refractivity contribution in [2.75, 3.05) is 13.2 Å². The van der Waals surface area contributed by atoms with Gasteiger partial charge in [0.1, 0.15) is 0 Å². The Morgan fingerprint density at radius 1 is 1.41 bits per heavy atom. The highest BCUT2D eigenvalue weighted by Gasteiger charge is 2.42. The molecule has 1 saturated carbocycles. The molecule has 1 aliphatic rings. The van der Waals surface area contributed by atoms with Crippen LogP contribution < -0.4 is 5.32 Å². The summed E-state index contributed by atoms with van der Waals surface area (Å²) in [7, 11) is 0. The van der Waals surface area contributed by atoms with Crippen molar-refractivity contribution in [3.05, 3.63) is 35.4 Å². The highest BCUT2D eigenvalue weighted by molar-refractivity contribution is 5.95. The predicted molar refractivity (Wildman–Crippen MR) is 66.9 cm³/mol. The molecule has 3 nitrogen and oxygen atoms in total. The van der Waals surface area contributed by atoms with Gasteiger partial charge in [-0.3, -0.25) is 4.79 Å². The van der Waals surface area contributed by atoms with Gasteiger partial charge < -0.3 is 10.4 Å². The van der Waals surface area contributed by atoms with Gasteiger partial charge in [0.05, 0.1) is 6.61 Å². The molecule has 1 amide bonds. The normalized spacial score (nSPS) is 16.6. The fourth-order valence-corrected chi connectivity index (χ4v) is 1.98. The van der Waals surface area contributed by atoms with E-state index in [-0.39, 0.29) is 17.9 Å². The average molecular weight is 233 g/mol. The lowest BCUT2D eigenvalue weighted by Gasteiger charge is -2.14. The second-order valence-corrected chi connectivity index (χ2v) is 4.85. The van der Waals surface area contributed by atoms with Gasteiger partial charge in [-0.15, -0.1) is 0 Å². The monoisotopic (exact) mass is 233 g/mol. The Hall–Kier alpha value is -1.35. The first kappa shape index (κ1) is 12.1. The summed E-state index contributed by atoms with van der Waals surface area (Å²) in [6.45, 7) is 2.80. The van der Waals surface area contributed by atoms with Gasteiger partial charge in [0.15, 0.2) is 0 Å². The molecule has 17 heavy (non-hydrogen) atoms. The maximum absolute atomic E-state index is 12.0. The third kappa shape index (κ3) is 2.67. The van der Waals surface area contributed by atoms with Crippen molar-refractivity contribution < 1.29 is 9.90 Å². The molecule has 0 radical (unpaired) electrons. The van der Waals surface area contributed by atoms with E-state index in [1.54, 1.807) is 0 Å². The van der Waals surface area contributed by atoms with Crippen molar-refractivity contribution >= 4 is 5.91 Å². The molecule has 0 heterocycles. The van der Waals surface area contributed by atoms with Crippen LogP contribution in [-0.2, 0) is 6.42 Å². The van der Waals surface area contributed by atoms with Crippen molar-refractivity contribution in [3.8, 4) is 0 Å². The van der Waals surface area contributed by atoms with E-state index in [1.165, 1.54) is 0 Å². The van der Waals surface area contributed by atoms with E-state index in [0.29, 0.717) is 6.54 Å². The predicted octanol–water partition coefficient (Wildman–Crippen LogP) is 1.75. The Morgan fingerprint density at radius 3 is 2.71 bits per heavy atom. The van der Waals surface area contributed by atoms with Crippen LogP contribution in [0.15, 0.2) is 24.3 Å². The van der Waals surface area contributed by atoms with Gasteiger partial charge in [-0.2, -0.15) is 0 Å². The molecule has 2 N–H and O–H groups in total. The molecular formula is C14H19NO2. The van der Waals surface area contributed by atoms with Gasteiger partial charge in [-0.1, -0.05) is 25.1 Å². The van der Waals surface area contributed by atoms with Gasteiger partial charge in [0, 0.05) is 17.5 Å². The molecule has 92 valence electrons. The number of aliphatic hydroxyl groups is 1. The highest BCUT2D eigenvalue weighted by Crippen LogP contribution is 2.44. The zero-order chi connectivity index (χ0) is 12.3. The lowest BCUT2D eigenvalue weighted by Crippen LogP contribution is -2.32. The number of amides is 1. The van der Waals surface area contributed by atoms with Crippen molar-refractivity contribution in [2.45, 2.75) is 26.2 Å². The Morgan fingerprint density at radius 2 is 2.12 bits per heavy atom. The molecule has 1 aromatic carbocycles. The van der Waals surface area contributed by atoms with Crippen molar-refractivity contribution in [1.29, 1.82) is 0 Å². The first-order chi connectivity index (χ1) is 8.21. The van der Waals surface area contributed by atoms with Gasteiger partial charge in [0.2, 0.25) is 0 Å². The maximum Gasteiger partial charge on any atom is 0.251 e. The summed E-state index contributed by atoms with van der Waals surface area (Å²) in [5.74, 6) is -0.0258. The molecule has 0 unspecified atom stereocenters. The first-order valence-electron chi connectivity index (χ1n) is 6.18. The molecule has 1 aliphatic carbocycles. The van der Waals surface area contributed by atoms with E-state index >= 15 is 0 Å². The van der Waals surface area contributed by atoms with Crippen molar-refractivity contribution in [2.24, 2.45) is 5.41 Å². The standard InChI is InChI=1S/C14H19NO2/c1-2-11-5-3-4-6-12(11)13(17)15-9-14(10-16)7-8-14/h3-6,16H,2,7-10H2,1H3,(H,15,17). The van der Waals surface area contributed by atoms with Crippen LogP contribution in [0, 0.1) is 5.41 Å². The second kappa shape index (κ2) is 4.88. The maximum atomic E-state index is 12.0. The van der Waals surface area contributed by atoms with Crippen molar-refractivity contribution in [1.82, 2.24) is 5.32 Å². The van der Waals surface area contributed by atoms with Crippen LogP contribution in [0.1, 0.15) is 35.7 Å². The Labute approximate surface area is 102 Å². The van der Waals surface area contributed by atoms with E-state index in [1.807, 2.05) is 31.2 Å². The molecule has 0 saturated heterocycles. The van der Waals surface area contributed by atoms with Crippen LogP contribution in [0.25, 0.3) is 0 Å². The number of hydrogen-bond acceptors (Lipinski definition) is 2. The largest absolute Gasteiger partial charge is 0.396 e. The Kier molecular flexibility index (Phi) is 3.48. The van der Waals surface area contributed by atoms with Gasteiger partial charge in [0.25, 0.3) is 5.91 Å². The van der Waals surface area contributed by atoms with E-state index in [2.05, 4.69) is 5.32 Å². The van der Waals surface area contributed by atoms with E-state index < -0.39 is 0 Å². The minimum absolute atomic E-state index is 0.0258. The topological polar surface area (TPSA) is 49.3 Å². The summed E-state index contributed by atoms with van der Waals surface area (Å²) in [6.07, 6.45) is 2.88. The smallest absolute Gasteiger partial charge is 0.251 e. The Balaban J connectivity index is 1.99. The minimum atomic E-state index is -0.0309. The lowest BCUT2D eigenvalue weighted by atomic mass is 10.0. The van der Waals surface area contributed by atoms with Crippen LogP contribution in [0.3, 0.4) is 0 Å². The molecule has 0 bridgehead atoms. The first-order valence-corrected chi connectivity index (χ1v) is 6.18. The molecule has 0 spiro atoms. The van der Waals surface area contributed by atoms with E-state index in [4.69, 9.17) is 0 Å². The summed E-state index contributed by atoms with van der Waals surface area (Å²) >= 11 is 0. The molecule has 1 aromatic rings. The molecule has 1 fully saturated rings. The Bertz CT molecular complexity index is 410. The molecule has 2 rings (SSSR count). The van der Waals surface area contributed by atoms with Gasteiger partial charge in [-0.25, -0.2) is 0 Å². The number of benzene rings is 1. The van der Waals surface area contributed by atoms with Crippen LogP contribution in [-0.4, -0.2) is 24.2 Å². The van der Waals surface area contributed by atoms with Gasteiger partial charge in [-0.05, 0) is 30.9 Å². The number of hydrogen-bond donors (Lipinski definition) is 2. The number of aryl methyl sites for hydroxylation is 1. The molecule has 0 aromatic heterocycles. The summed E-state index contributed by atoms with van der Waals surface area (Å²) in [5.41, 5.74) is 1.79. The SMILES string of the molecule is CCc1ccccc1C(=O)NCC1(CO)CC1. The van der Waals surface area contributed by atoms with Crippen LogP contribution in [0.4, 0.5) is 0 Å². The third-order valence-electron chi connectivity index (χ3n) is 3.56. The fraction of sp³-hybridized carbons (Fsp3) is 0.500. The zero-order valence-electron chi connectivity index (χ0n) is 10.2. The van der Waals surface area contributed by atoms with Crippen LogP contribution >= 0.6 is 0 Å². The number of carbonyl (C=O) groups is 1. The molecule has 0 aliphatic heterocycles. The van der Waals surface area contributed by atoms with Crippen LogP contribution in [0.2, 0.25) is 0 Å². The zero-order valence-corrected chi connectivity index (χ0v) is 10.2. The quantitative estimate of drug-likeness (QED) is 0.814. The van der Waals surface area contributed by atoms with E-state index in [0.717, 1.165) is 30.4 Å². The van der Waals surface area contributed by atoms with E-state index in [9.17, 15) is 9.90 Å².